The van der Waals surface area contributed by atoms with Crippen molar-refractivity contribution in [1.82, 2.24) is 4.90 Å². The third-order valence-electron chi connectivity index (χ3n) is 3.33. The topological polar surface area (TPSA) is 32.5 Å². The summed E-state index contributed by atoms with van der Waals surface area (Å²) in [6.45, 7) is 4.85. The minimum Gasteiger partial charge on any atom is -0.369 e. The lowest BCUT2D eigenvalue weighted by atomic mass is 10.1. The number of anilines is 1. The van der Waals surface area contributed by atoms with E-state index in [0.717, 1.165) is 42.5 Å². The van der Waals surface area contributed by atoms with E-state index >= 15 is 0 Å². The van der Waals surface area contributed by atoms with Crippen LogP contribution in [0, 0.1) is 0 Å². The molecule has 0 unspecified atom stereocenters. The van der Waals surface area contributed by atoms with E-state index in [1.807, 2.05) is 12.1 Å². The summed E-state index contributed by atoms with van der Waals surface area (Å²) in [5, 5.41) is 0.817. The van der Waals surface area contributed by atoms with Gasteiger partial charge < -0.3 is 15.5 Å². The molecule has 2 N–H and O–H groups in total. The second-order valence-corrected chi connectivity index (χ2v) is 5.00. The lowest BCUT2D eigenvalue weighted by molar-refractivity contribution is 0.360. The molecule has 3 nitrogen and oxygen atoms in total. The Morgan fingerprint density at radius 2 is 2.06 bits per heavy atom. The first-order valence-corrected chi connectivity index (χ1v) is 6.51. The predicted molar refractivity (Wildman–Crippen MR) is 73.7 cm³/mol. The Morgan fingerprint density at radius 1 is 1.24 bits per heavy atom. The second-order valence-electron chi connectivity index (χ2n) is 4.60. The van der Waals surface area contributed by atoms with E-state index < -0.39 is 0 Å². The smallest absolute Gasteiger partial charge is 0.0642 e. The third-order valence-corrected chi connectivity index (χ3v) is 3.63. The molecule has 1 saturated heterocycles. The highest BCUT2D eigenvalue weighted by molar-refractivity contribution is 6.33. The minimum atomic E-state index is 0.544. The predicted octanol–water partition coefficient (Wildman–Crippen LogP) is 1.94. The molecule has 4 heteroatoms. The number of benzene rings is 1. The Hall–Kier alpha value is -0.770. The van der Waals surface area contributed by atoms with E-state index in [1.165, 1.54) is 6.42 Å². The number of nitrogens with zero attached hydrogens (tertiary/aromatic N) is 2. The number of likely N-dealkylation sites (N-methyl/N-ethyl adjacent to an activating group) is 1. The maximum Gasteiger partial charge on any atom is 0.0642 e. The summed E-state index contributed by atoms with van der Waals surface area (Å²) >= 11 is 6.32. The summed E-state index contributed by atoms with van der Waals surface area (Å²) in [6, 6.07) is 5.98. The number of hydrogen-bond donors (Lipinski definition) is 1. The standard InChI is InChI=1S/C13H20ClN3/c1-16-6-3-7-17(9-8-16)13-11(10-15)4-2-5-12(13)14/h2,4-5H,3,6-10,15H2,1H3. The first kappa shape index (κ1) is 12.7. The van der Waals surface area contributed by atoms with Gasteiger partial charge in [0.2, 0.25) is 0 Å². The molecule has 17 heavy (non-hydrogen) atoms. The van der Waals surface area contributed by atoms with Gasteiger partial charge in [-0.15, -0.1) is 0 Å². The van der Waals surface area contributed by atoms with E-state index in [1.54, 1.807) is 0 Å². The summed E-state index contributed by atoms with van der Waals surface area (Å²) in [7, 11) is 2.17. The highest BCUT2D eigenvalue weighted by Crippen LogP contribution is 2.30. The summed E-state index contributed by atoms with van der Waals surface area (Å²) in [6.07, 6.45) is 1.17. The van der Waals surface area contributed by atoms with Crippen molar-refractivity contribution in [2.45, 2.75) is 13.0 Å². The summed E-state index contributed by atoms with van der Waals surface area (Å²) in [5.41, 5.74) is 8.07. The normalized spacial score (nSPS) is 18.2. The van der Waals surface area contributed by atoms with E-state index in [0.29, 0.717) is 6.54 Å². The van der Waals surface area contributed by atoms with Gasteiger partial charge in [0.15, 0.2) is 0 Å². The Bertz CT molecular complexity index is 381. The first-order chi connectivity index (χ1) is 8.22. The van der Waals surface area contributed by atoms with Gasteiger partial charge >= 0.3 is 0 Å². The summed E-state index contributed by atoms with van der Waals surface area (Å²) < 4.78 is 0. The van der Waals surface area contributed by atoms with Gasteiger partial charge in [0.25, 0.3) is 0 Å². The number of hydrogen-bond acceptors (Lipinski definition) is 3. The van der Waals surface area contributed by atoms with E-state index in [2.05, 4.69) is 22.9 Å². The SMILES string of the molecule is CN1CCCN(c2c(Cl)cccc2CN)CC1. The van der Waals surface area contributed by atoms with Crippen LogP contribution in [0.15, 0.2) is 18.2 Å². The maximum atomic E-state index is 6.32. The fourth-order valence-electron chi connectivity index (χ4n) is 2.35. The quantitative estimate of drug-likeness (QED) is 0.875. The molecule has 0 atom stereocenters. The molecule has 0 spiro atoms. The van der Waals surface area contributed by atoms with Crippen molar-refractivity contribution >= 4 is 17.3 Å². The van der Waals surface area contributed by atoms with Gasteiger partial charge in [-0.3, -0.25) is 0 Å². The first-order valence-electron chi connectivity index (χ1n) is 6.13. The molecule has 1 fully saturated rings. The van der Waals surface area contributed by atoms with Crippen LogP contribution in [-0.2, 0) is 6.54 Å². The molecule has 1 aliphatic rings. The molecule has 0 aromatic heterocycles. The second kappa shape index (κ2) is 5.71. The van der Waals surface area contributed by atoms with Gasteiger partial charge in [-0.2, -0.15) is 0 Å². The molecule has 2 rings (SSSR count). The van der Waals surface area contributed by atoms with Gasteiger partial charge in [-0.25, -0.2) is 0 Å². The Morgan fingerprint density at radius 3 is 2.82 bits per heavy atom. The van der Waals surface area contributed by atoms with Gasteiger partial charge in [0, 0.05) is 26.2 Å². The van der Waals surface area contributed by atoms with Crippen LogP contribution >= 0.6 is 11.6 Å². The van der Waals surface area contributed by atoms with Gasteiger partial charge in [-0.05, 0) is 31.6 Å². The molecule has 1 aromatic carbocycles. The molecular formula is C13H20ClN3. The van der Waals surface area contributed by atoms with Crippen LogP contribution < -0.4 is 10.6 Å². The Labute approximate surface area is 108 Å². The number of para-hydroxylation sites is 1. The lowest BCUT2D eigenvalue weighted by Gasteiger charge is -2.26. The van der Waals surface area contributed by atoms with Crippen LogP contribution in [0.3, 0.4) is 0 Å². The molecular weight excluding hydrogens is 234 g/mol. The van der Waals surface area contributed by atoms with Crippen molar-refractivity contribution in [2.75, 3.05) is 38.1 Å². The fraction of sp³-hybridized carbons (Fsp3) is 0.538. The number of nitrogens with two attached hydrogens (primary N) is 1. The maximum absolute atomic E-state index is 6.32. The Balaban J connectivity index is 2.26. The molecule has 1 aromatic rings. The summed E-state index contributed by atoms with van der Waals surface area (Å²) in [4.78, 5) is 4.73. The molecule has 0 aliphatic carbocycles. The average Bonchev–Trinajstić information content (AvgIpc) is 2.54. The zero-order chi connectivity index (χ0) is 12.3. The van der Waals surface area contributed by atoms with Gasteiger partial charge in [0.1, 0.15) is 0 Å². The third kappa shape index (κ3) is 2.92. The van der Waals surface area contributed by atoms with Crippen LogP contribution in [0.2, 0.25) is 5.02 Å². The highest BCUT2D eigenvalue weighted by atomic mass is 35.5. The van der Waals surface area contributed by atoms with Crippen LogP contribution in [0.1, 0.15) is 12.0 Å². The van der Waals surface area contributed by atoms with Crippen molar-refractivity contribution in [3.8, 4) is 0 Å². The molecule has 1 heterocycles. The monoisotopic (exact) mass is 253 g/mol. The average molecular weight is 254 g/mol. The van der Waals surface area contributed by atoms with Crippen LogP contribution in [0.4, 0.5) is 5.69 Å². The van der Waals surface area contributed by atoms with Crippen molar-refractivity contribution in [2.24, 2.45) is 5.73 Å². The molecule has 0 saturated carbocycles. The Kier molecular flexibility index (Phi) is 4.26. The highest BCUT2D eigenvalue weighted by Gasteiger charge is 2.17. The minimum absolute atomic E-state index is 0.544. The molecule has 94 valence electrons. The zero-order valence-electron chi connectivity index (χ0n) is 10.3. The van der Waals surface area contributed by atoms with E-state index in [-0.39, 0.29) is 0 Å². The molecule has 0 amide bonds. The number of halogens is 1. The van der Waals surface area contributed by atoms with Crippen LogP contribution in [0.25, 0.3) is 0 Å². The summed E-state index contributed by atoms with van der Waals surface area (Å²) in [5.74, 6) is 0. The van der Waals surface area contributed by atoms with Gasteiger partial charge in [-0.1, -0.05) is 23.7 Å². The van der Waals surface area contributed by atoms with Crippen molar-refractivity contribution in [3.63, 3.8) is 0 Å². The lowest BCUT2D eigenvalue weighted by Crippen LogP contribution is -2.30. The van der Waals surface area contributed by atoms with E-state index in [4.69, 9.17) is 17.3 Å². The van der Waals surface area contributed by atoms with Crippen molar-refractivity contribution in [3.05, 3.63) is 28.8 Å². The number of rotatable bonds is 2. The van der Waals surface area contributed by atoms with E-state index in [9.17, 15) is 0 Å². The fourth-order valence-corrected chi connectivity index (χ4v) is 2.66. The molecule has 0 radical (unpaired) electrons. The largest absolute Gasteiger partial charge is 0.369 e. The van der Waals surface area contributed by atoms with Crippen LogP contribution in [-0.4, -0.2) is 38.1 Å². The molecule has 1 aliphatic heterocycles. The van der Waals surface area contributed by atoms with Crippen molar-refractivity contribution < 1.29 is 0 Å². The van der Waals surface area contributed by atoms with Crippen LogP contribution in [0.5, 0.6) is 0 Å². The molecule has 0 bridgehead atoms. The van der Waals surface area contributed by atoms with Crippen molar-refractivity contribution in [1.29, 1.82) is 0 Å². The zero-order valence-corrected chi connectivity index (χ0v) is 11.1. The van der Waals surface area contributed by atoms with Gasteiger partial charge in [0.05, 0.1) is 10.7 Å².